The van der Waals surface area contributed by atoms with Gasteiger partial charge in [-0.1, -0.05) is 0 Å². The number of benzene rings is 1. The lowest BCUT2D eigenvalue weighted by atomic mass is 10.1. The van der Waals surface area contributed by atoms with E-state index in [0.29, 0.717) is 25.5 Å². The summed E-state index contributed by atoms with van der Waals surface area (Å²) in [7, 11) is -2.88. The van der Waals surface area contributed by atoms with Gasteiger partial charge >= 0.3 is 0 Å². The van der Waals surface area contributed by atoms with Crippen LogP contribution in [0.15, 0.2) is 16.6 Å². The van der Waals surface area contributed by atoms with Crippen LogP contribution in [0.4, 0.5) is 0 Å². The monoisotopic (exact) mass is 375 g/mol. The quantitative estimate of drug-likeness (QED) is 0.873. The Morgan fingerprint density at radius 1 is 1.29 bits per heavy atom. The second kappa shape index (κ2) is 6.14. The molecule has 116 valence electrons. The molecule has 0 saturated carbocycles. The van der Waals surface area contributed by atoms with Crippen molar-refractivity contribution in [3.05, 3.63) is 22.2 Å². The Morgan fingerprint density at radius 3 is 2.90 bits per heavy atom. The normalized spacial score (nSPS) is 23.8. The number of hydrogen-bond acceptors (Lipinski definition) is 5. The van der Waals surface area contributed by atoms with E-state index in [9.17, 15) is 8.42 Å². The van der Waals surface area contributed by atoms with Gasteiger partial charge in [0.15, 0.2) is 21.3 Å². The number of sulfone groups is 1. The first-order valence-corrected chi connectivity index (χ1v) is 9.67. The van der Waals surface area contributed by atoms with E-state index in [-0.39, 0.29) is 11.8 Å². The largest absolute Gasteiger partial charge is 0.486 e. The molecule has 0 bridgehead atoms. The van der Waals surface area contributed by atoms with Gasteiger partial charge in [0.25, 0.3) is 0 Å². The molecule has 21 heavy (non-hydrogen) atoms. The molecule has 1 atom stereocenters. The van der Waals surface area contributed by atoms with Gasteiger partial charge in [-0.2, -0.15) is 0 Å². The number of rotatable bonds is 3. The maximum atomic E-state index is 11.6. The van der Waals surface area contributed by atoms with Gasteiger partial charge < -0.3 is 14.8 Å². The Balaban J connectivity index is 1.67. The summed E-state index contributed by atoms with van der Waals surface area (Å²) in [5.74, 6) is 2.04. The van der Waals surface area contributed by atoms with E-state index in [1.54, 1.807) is 0 Å². The van der Waals surface area contributed by atoms with E-state index in [0.717, 1.165) is 34.4 Å². The standard InChI is InChI=1S/C14H18BrNO4S/c15-12-6-10(7-13-14(12)20-4-3-19-13)8-16-11-2-1-5-21(17,18)9-11/h6-7,11,16H,1-5,8-9H2. The Labute approximate surface area is 133 Å². The van der Waals surface area contributed by atoms with Crippen LogP contribution < -0.4 is 14.8 Å². The summed E-state index contributed by atoms with van der Waals surface area (Å²) in [5, 5.41) is 3.33. The van der Waals surface area contributed by atoms with Crippen LogP contribution in [-0.4, -0.2) is 39.2 Å². The van der Waals surface area contributed by atoms with Gasteiger partial charge in [-0.15, -0.1) is 0 Å². The SMILES string of the molecule is O=S1(=O)CCCC(NCc2cc(Br)c3c(c2)OCCO3)C1. The van der Waals surface area contributed by atoms with Gasteiger partial charge in [0.1, 0.15) is 13.2 Å². The molecule has 2 heterocycles. The zero-order chi connectivity index (χ0) is 14.9. The predicted octanol–water partition coefficient (Wildman–Crippen LogP) is 1.89. The number of hydrogen-bond donors (Lipinski definition) is 1. The highest BCUT2D eigenvalue weighted by molar-refractivity contribution is 9.10. The van der Waals surface area contributed by atoms with E-state index in [1.807, 2.05) is 12.1 Å². The van der Waals surface area contributed by atoms with Crippen molar-refractivity contribution in [1.29, 1.82) is 0 Å². The molecule has 0 amide bonds. The minimum Gasteiger partial charge on any atom is -0.486 e. The molecule has 1 saturated heterocycles. The van der Waals surface area contributed by atoms with Crippen molar-refractivity contribution in [1.82, 2.24) is 5.32 Å². The van der Waals surface area contributed by atoms with Crippen LogP contribution in [0.5, 0.6) is 11.5 Å². The third-order valence-electron chi connectivity index (χ3n) is 3.71. The highest BCUT2D eigenvalue weighted by Crippen LogP contribution is 2.38. The lowest BCUT2D eigenvalue weighted by Crippen LogP contribution is -2.39. The van der Waals surface area contributed by atoms with E-state index in [2.05, 4.69) is 21.2 Å². The zero-order valence-corrected chi connectivity index (χ0v) is 14.0. The van der Waals surface area contributed by atoms with Crippen LogP contribution >= 0.6 is 15.9 Å². The Bertz CT molecular complexity index is 632. The number of ether oxygens (including phenoxy) is 2. The predicted molar refractivity (Wildman–Crippen MR) is 83.6 cm³/mol. The molecule has 1 fully saturated rings. The van der Waals surface area contributed by atoms with Crippen molar-refractivity contribution in [2.24, 2.45) is 0 Å². The lowest BCUT2D eigenvalue weighted by Gasteiger charge is -2.24. The molecule has 7 heteroatoms. The summed E-state index contributed by atoms with van der Waals surface area (Å²) in [6, 6.07) is 3.97. The first kappa shape index (κ1) is 15.1. The third kappa shape index (κ3) is 3.70. The van der Waals surface area contributed by atoms with Crippen molar-refractivity contribution in [3.8, 4) is 11.5 Å². The van der Waals surface area contributed by atoms with Crippen molar-refractivity contribution in [2.75, 3.05) is 24.7 Å². The van der Waals surface area contributed by atoms with Crippen molar-refractivity contribution >= 4 is 25.8 Å². The highest BCUT2D eigenvalue weighted by Gasteiger charge is 2.24. The second-order valence-corrected chi connectivity index (χ2v) is 8.52. The van der Waals surface area contributed by atoms with Crippen LogP contribution in [-0.2, 0) is 16.4 Å². The van der Waals surface area contributed by atoms with Crippen LogP contribution in [0.3, 0.4) is 0 Å². The molecule has 1 aromatic rings. The summed E-state index contributed by atoms with van der Waals surface area (Å²) in [5.41, 5.74) is 1.05. The molecule has 1 aromatic carbocycles. The number of halogens is 1. The summed E-state index contributed by atoms with van der Waals surface area (Å²) < 4.78 is 35.3. The summed E-state index contributed by atoms with van der Waals surface area (Å²) in [6.45, 7) is 1.73. The van der Waals surface area contributed by atoms with Gasteiger partial charge in [-0.05, 0) is 46.5 Å². The summed E-state index contributed by atoms with van der Waals surface area (Å²) in [6.07, 6.45) is 1.65. The molecule has 0 aliphatic carbocycles. The average Bonchev–Trinajstić information content (AvgIpc) is 2.44. The third-order valence-corrected chi connectivity index (χ3v) is 6.12. The summed E-state index contributed by atoms with van der Waals surface area (Å²) in [4.78, 5) is 0. The molecule has 1 N–H and O–H groups in total. The van der Waals surface area contributed by atoms with Crippen molar-refractivity contribution in [2.45, 2.75) is 25.4 Å². The fraction of sp³-hybridized carbons (Fsp3) is 0.571. The molecule has 0 radical (unpaired) electrons. The number of nitrogens with one attached hydrogen (secondary N) is 1. The molecule has 3 rings (SSSR count). The molecule has 0 aromatic heterocycles. The first-order chi connectivity index (χ1) is 10.0. The van der Waals surface area contributed by atoms with E-state index >= 15 is 0 Å². The number of fused-ring (bicyclic) bond motifs is 1. The van der Waals surface area contributed by atoms with Crippen LogP contribution in [0.2, 0.25) is 0 Å². The van der Waals surface area contributed by atoms with Crippen LogP contribution in [0.1, 0.15) is 18.4 Å². The maximum Gasteiger partial charge on any atom is 0.175 e. The first-order valence-electron chi connectivity index (χ1n) is 7.05. The Hall–Kier alpha value is -0.790. The molecular weight excluding hydrogens is 358 g/mol. The molecule has 0 spiro atoms. The van der Waals surface area contributed by atoms with Gasteiger partial charge in [-0.3, -0.25) is 0 Å². The van der Waals surface area contributed by atoms with Crippen molar-refractivity contribution in [3.63, 3.8) is 0 Å². The van der Waals surface area contributed by atoms with Gasteiger partial charge in [0.2, 0.25) is 0 Å². The fourth-order valence-electron chi connectivity index (χ4n) is 2.71. The minimum absolute atomic E-state index is 0.0377. The second-order valence-electron chi connectivity index (χ2n) is 5.44. The molecule has 2 aliphatic heterocycles. The van der Waals surface area contributed by atoms with Crippen LogP contribution in [0, 0.1) is 0 Å². The minimum atomic E-state index is -2.88. The Kier molecular flexibility index (Phi) is 4.42. The van der Waals surface area contributed by atoms with Gasteiger partial charge in [0, 0.05) is 12.6 Å². The van der Waals surface area contributed by atoms with E-state index < -0.39 is 9.84 Å². The summed E-state index contributed by atoms with van der Waals surface area (Å²) >= 11 is 3.49. The maximum absolute atomic E-state index is 11.6. The molecular formula is C14H18BrNO4S. The van der Waals surface area contributed by atoms with E-state index in [1.165, 1.54) is 0 Å². The highest BCUT2D eigenvalue weighted by atomic mass is 79.9. The molecule has 2 aliphatic rings. The smallest absolute Gasteiger partial charge is 0.175 e. The van der Waals surface area contributed by atoms with Crippen molar-refractivity contribution < 1.29 is 17.9 Å². The van der Waals surface area contributed by atoms with E-state index in [4.69, 9.17) is 9.47 Å². The average molecular weight is 376 g/mol. The topological polar surface area (TPSA) is 64.6 Å². The molecule has 5 nitrogen and oxygen atoms in total. The van der Waals surface area contributed by atoms with Gasteiger partial charge in [0.05, 0.1) is 16.0 Å². The van der Waals surface area contributed by atoms with Crippen LogP contribution in [0.25, 0.3) is 0 Å². The van der Waals surface area contributed by atoms with Gasteiger partial charge in [-0.25, -0.2) is 8.42 Å². The zero-order valence-electron chi connectivity index (χ0n) is 11.6. The molecule has 1 unspecified atom stereocenters. The lowest BCUT2D eigenvalue weighted by molar-refractivity contribution is 0.170. The fourth-order valence-corrected chi connectivity index (χ4v) is 4.99. The Morgan fingerprint density at radius 2 is 2.10 bits per heavy atom.